The molecule has 7 heteroatoms. The molecule has 0 saturated carbocycles. The number of thioether (sulfide) groups is 1. The quantitative estimate of drug-likeness (QED) is 0.811. The van der Waals surface area contributed by atoms with Crippen molar-refractivity contribution in [2.24, 2.45) is 0 Å². The van der Waals surface area contributed by atoms with Crippen LogP contribution >= 0.6 is 11.8 Å². The number of rotatable bonds is 4. The SMILES string of the molecule is O=C(O)[C@@H]1CCCN1C(=O)CCN1CCSC1=O. The molecule has 0 aromatic heterocycles. The Hall–Kier alpha value is -1.24. The number of carboxylic acids is 1. The number of hydrogen-bond donors (Lipinski definition) is 1. The van der Waals surface area contributed by atoms with Gasteiger partial charge in [-0.2, -0.15) is 0 Å². The first-order chi connectivity index (χ1) is 8.59. The molecule has 2 fully saturated rings. The summed E-state index contributed by atoms with van der Waals surface area (Å²) >= 11 is 1.26. The van der Waals surface area contributed by atoms with Crippen molar-refractivity contribution in [2.75, 3.05) is 25.4 Å². The van der Waals surface area contributed by atoms with E-state index >= 15 is 0 Å². The number of hydrogen-bond acceptors (Lipinski definition) is 4. The van der Waals surface area contributed by atoms with E-state index in [9.17, 15) is 14.4 Å². The standard InChI is InChI=1S/C11H16N2O4S/c14-9(3-5-12-6-7-18-11(12)17)13-4-1-2-8(13)10(15)16/h8H,1-7H2,(H,15,16)/t8-/m0/s1. The van der Waals surface area contributed by atoms with Gasteiger partial charge in [0.1, 0.15) is 6.04 Å². The maximum atomic E-state index is 11.9. The van der Waals surface area contributed by atoms with Crippen LogP contribution in [-0.4, -0.2) is 63.5 Å². The molecular weight excluding hydrogens is 256 g/mol. The third kappa shape index (κ3) is 2.77. The van der Waals surface area contributed by atoms with Gasteiger partial charge in [-0.15, -0.1) is 0 Å². The number of carbonyl (C=O) groups excluding carboxylic acids is 2. The molecule has 2 aliphatic rings. The van der Waals surface area contributed by atoms with E-state index in [0.717, 1.165) is 12.2 Å². The van der Waals surface area contributed by atoms with Gasteiger partial charge < -0.3 is 14.9 Å². The molecule has 0 bridgehead atoms. The second-order valence-electron chi connectivity index (χ2n) is 4.43. The van der Waals surface area contributed by atoms with Crippen LogP contribution in [0.5, 0.6) is 0 Å². The molecule has 0 aromatic rings. The third-order valence-corrected chi connectivity index (χ3v) is 4.19. The van der Waals surface area contributed by atoms with Crippen LogP contribution in [0.2, 0.25) is 0 Å². The van der Waals surface area contributed by atoms with E-state index in [-0.39, 0.29) is 17.6 Å². The van der Waals surface area contributed by atoms with Gasteiger partial charge in [0.05, 0.1) is 0 Å². The van der Waals surface area contributed by atoms with Crippen molar-refractivity contribution < 1.29 is 19.5 Å². The molecule has 100 valence electrons. The number of nitrogens with zero attached hydrogens (tertiary/aromatic N) is 2. The zero-order chi connectivity index (χ0) is 13.1. The Kier molecular flexibility index (Phi) is 4.11. The first kappa shape index (κ1) is 13.2. The maximum absolute atomic E-state index is 11.9. The summed E-state index contributed by atoms with van der Waals surface area (Å²) in [5.41, 5.74) is 0. The zero-order valence-corrected chi connectivity index (χ0v) is 10.8. The summed E-state index contributed by atoms with van der Waals surface area (Å²) < 4.78 is 0. The number of likely N-dealkylation sites (tertiary alicyclic amines) is 1. The fourth-order valence-corrected chi connectivity index (χ4v) is 3.18. The molecule has 2 rings (SSSR count). The minimum atomic E-state index is -0.936. The van der Waals surface area contributed by atoms with Crippen LogP contribution < -0.4 is 0 Å². The van der Waals surface area contributed by atoms with Gasteiger partial charge in [0.25, 0.3) is 5.24 Å². The molecule has 18 heavy (non-hydrogen) atoms. The summed E-state index contributed by atoms with van der Waals surface area (Å²) in [5, 5.41) is 9.01. The first-order valence-electron chi connectivity index (χ1n) is 6.03. The van der Waals surface area contributed by atoms with Crippen molar-refractivity contribution in [3.8, 4) is 0 Å². The van der Waals surface area contributed by atoms with Gasteiger partial charge in [-0.3, -0.25) is 9.59 Å². The Bertz CT molecular complexity index is 374. The summed E-state index contributed by atoms with van der Waals surface area (Å²) in [5.74, 6) is -0.327. The van der Waals surface area contributed by atoms with E-state index in [0.29, 0.717) is 26.1 Å². The van der Waals surface area contributed by atoms with Crippen LogP contribution in [0.4, 0.5) is 4.79 Å². The average molecular weight is 272 g/mol. The molecule has 0 aliphatic carbocycles. The molecule has 2 amide bonds. The Labute approximate surface area is 109 Å². The molecule has 2 saturated heterocycles. The van der Waals surface area contributed by atoms with E-state index in [1.54, 1.807) is 4.90 Å². The minimum absolute atomic E-state index is 0.0130. The van der Waals surface area contributed by atoms with E-state index in [2.05, 4.69) is 0 Å². The number of carbonyl (C=O) groups is 3. The van der Waals surface area contributed by atoms with Gasteiger partial charge in [0.2, 0.25) is 5.91 Å². The topological polar surface area (TPSA) is 77.9 Å². The molecule has 0 spiro atoms. The number of carboxylic acid groups (broad SMARTS) is 1. The lowest BCUT2D eigenvalue weighted by Crippen LogP contribution is -2.41. The summed E-state index contributed by atoms with van der Waals surface area (Å²) in [6.45, 7) is 1.59. The highest BCUT2D eigenvalue weighted by Gasteiger charge is 2.34. The zero-order valence-electron chi connectivity index (χ0n) is 10.0. The lowest BCUT2D eigenvalue weighted by molar-refractivity contribution is -0.148. The van der Waals surface area contributed by atoms with Gasteiger partial charge in [0, 0.05) is 31.8 Å². The van der Waals surface area contributed by atoms with Crippen molar-refractivity contribution in [2.45, 2.75) is 25.3 Å². The molecule has 0 unspecified atom stereocenters. The van der Waals surface area contributed by atoms with Crippen molar-refractivity contribution in [1.82, 2.24) is 9.80 Å². The van der Waals surface area contributed by atoms with Crippen LogP contribution in [0.3, 0.4) is 0 Å². The van der Waals surface area contributed by atoms with Crippen molar-refractivity contribution in [1.29, 1.82) is 0 Å². The lowest BCUT2D eigenvalue weighted by atomic mass is 10.2. The Morgan fingerprint density at radius 2 is 2.17 bits per heavy atom. The molecule has 2 aliphatic heterocycles. The minimum Gasteiger partial charge on any atom is -0.480 e. The smallest absolute Gasteiger partial charge is 0.326 e. The molecule has 1 N–H and O–H groups in total. The van der Waals surface area contributed by atoms with E-state index in [4.69, 9.17) is 5.11 Å². The average Bonchev–Trinajstić information content (AvgIpc) is 2.94. The van der Waals surface area contributed by atoms with Crippen molar-refractivity contribution in [3.63, 3.8) is 0 Å². The highest BCUT2D eigenvalue weighted by molar-refractivity contribution is 8.13. The van der Waals surface area contributed by atoms with Gasteiger partial charge >= 0.3 is 5.97 Å². The predicted molar refractivity (Wildman–Crippen MR) is 66.4 cm³/mol. The van der Waals surface area contributed by atoms with Crippen LogP contribution in [-0.2, 0) is 9.59 Å². The summed E-state index contributed by atoms with van der Waals surface area (Å²) in [4.78, 5) is 37.3. The molecule has 1 atom stereocenters. The molecule has 0 aromatic carbocycles. The van der Waals surface area contributed by atoms with E-state index < -0.39 is 12.0 Å². The van der Waals surface area contributed by atoms with Crippen molar-refractivity contribution in [3.05, 3.63) is 0 Å². The second kappa shape index (κ2) is 5.60. The van der Waals surface area contributed by atoms with Crippen LogP contribution in [0, 0.1) is 0 Å². The van der Waals surface area contributed by atoms with Gasteiger partial charge in [-0.05, 0) is 12.8 Å². The molecular formula is C11H16N2O4S. The predicted octanol–water partition coefficient (Wildman–Crippen LogP) is 0.621. The number of amides is 2. The Balaban J connectivity index is 1.84. The number of aliphatic carboxylic acids is 1. The summed E-state index contributed by atoms with van der Waals surface area (Å²) in [6, 6.07) is -0.679. The van der Waals surface area contributed by atoms with Crippen LogP contribution in [0.1, 0.15) is 19.3 Å². The van der Waals surface area contributed by atoms with E-state index in [1.165, 1.54) is 16.7 Å². The second-order valence-corrected chi connectivity index (χ2v) is 5.48. The third-order valence-electron chi connectivity index (χ3n) is 3.30. The fourth-order valence-electron chi connectivity index (χ4n) is 2.32. The van der Waals surface area contributed by atoms with Crippen molar-refractivity contribution >= 4 is 28.9 Å². The summed E-state index contributed by atoms with van der Waals surface area (Å²) in [7, 11) is 0. The van der Waals surface area contributed by atoms with Gasteiger partial charge in [-0.25, -0.2) is 4.79 Å². The first-order valence-corrected chi connectivity index (χ1v) is 7.02. The van der Waals surface area contributed by atoms with Crippen LogP contribution in [0.25, 0.3) is 0 Å². The fraction of sp³-hybridized carbons (Fsp3) is 0.727. The maximum Gasteiger partial charge on any atom is 0.326 e. The molecule has 6 nitrogen and oxygen atoms in total. The Morgan fingerprint density at radius 3 is 2.78 bits per heavy atom. The highest BCUT2D eigenvalue weighted by atomic mass is 32.2. The summed E-state index contributed by atoms with van der Waals surface area (Å²) in [6.07, 6.45) is 1.48. The molecule has 2 heterocycles. The van der Waals surface area contributed by atoms with Gasteiger partial charge in [-0.1, -0.05) is 11.8 Å². The lowest BCUT2D eigenvalue weighted by Gasteiger charge is -2.22. The largest absolute Gasteiger partial charge is 0.480 e. The monoisotopic (exact) mass is 272 g/mol. The molecule has 0 radical (unpaired) electrons. The Morgan fingerprint density at radius 1 is 1.39 bits per heavy atom. The van der Waals surface area contributed by atoms with Gasteiger partial charge in [0.15, 0.2) is 0 Å². The van der Waals surface area contributed by atoms with E-state index in [1.807, 2.05) is 0 Å². The van der Waals surface area contributed by atoms with Crippen LogP contribution in [0.15, 0.2) is 0 Å². The highest BCUT2D eigenvalue weighted by Crippen LogP contribution is 2.20. The normalized spacial score (nSPS) is 23.8.